The molecule has 0 saturated carbocycles. The van der Waals surface area contributed by atoms with Gasteiger partial charge in [-0.3, -0.25) is 4.79 Å². The van der Waals surface area contributed by atoms with Crippen molar-refractivity contribution < 1.29 is 9.53 Å². The Morgan fingerprint density at radius 2 is 2.27 bits per heavy atom. The van der Waals surface area contributed by atoms with Crippen LogP contribution in [0.5, 0.6) is 5.75 Å². The molecule has 3 nitrogen and oxygen atoms in total. The zero-order valence-corrected chi connectivity index (χ0v) is 9.54. The molecule has 2 N–H and O–H groups in total. The molecule has 1 unspecified atom stereocenters. The first-order chi connectivity index (χ1) is 7.04. The molecule has 0 radical (unpaired) electrons. The van der Waals surface area contributed by atoms with E-state index in [0.29, 0.717) is 17.2 Å². The number of benzene rings is 1. The Labute approximate surface area is 94.2 Å². The van der Waals surface area contributed by atoms with Gasteiger partial charge < -0.3 is 10.5 Å². The van der Waals surface area contributed by atoms with Crippen LogP contribution in [0.3, 0.4) is 0 Å². The Morgan fingerprint density at radius 1 is 1.60 bits per heavy atom. The van der Waals surface area contributed by atoms with Crippen LogP contribution >= 0.6 is 11.6 Å². The van der Waals surface area contributed by atoms with Crippen LogP contribution in [0.4, 0.5) is 0 Å². The Kier molecular flexibility index (Phi) is 3.97. The fourth-order valence-corrected chi connectivity index (χ4v) is 1.31. The maximum atomic E-state index is 11.0. The van der Waals surface area contributed by atoms with Crippen molar-refractivity contribution in [3.8, 4) is 5.75 Å². The van der Waals surface area contributed by atoms with Gasteiger partial charge in [-0.05, 0) is 37.1 Å². The van der Waals surface area contributed by atoms with E-state index in [2.05, 4.69) is 0 Å². The number of primary amides is 1. The number of ether oxygens (including phenoxy) is 1. The van der Waals surface area contributed by atoms with Crippen LogP contribution in [-0.4, -0.2) is 12.0 Å². The number of hydrogen-bond donors (Lipinski definition) is 1. The van der Waals surface area contributed by atoms with Crippen LogP contribution < -0.4 is 10.5 Å². The number of rotatable bonds is 4. The van der Waals surface area contributed by atoms with Crippen molar-refractivity contribution in [3.63, 3.8) is 0 Å². The first-order valence-electron chi connectivity index (χ1n) is 4.76. The summed E-state index contributed by atoms with van der Waals surface area (Å²) in [6, 6.07) is 5.24. The smallest absolute Gasteiger partial charge is 0.258 e. The molecule has 0 aliphatic carbocycles. The van der Waals surface area contributed by atoms with E-state index in [9.17, 15) is 4.79 Å². The predicted molar refractivity (Wildman–Crippen MR) is 60.1 cm³/mol. The molecule has 4 heteroatoms. The van der Waals surface area contributed by atoms with E-state index in [0.717, 1.165) is 5.56 Å². The monoisotopic (exact) mass is 227 g/mol. The van der Waals surface area contributed by atoms with Crippen LogP contribution in [0.25, 0.3) is 0 Å². The van der Waals surface area contributed by atoms with Gasteiger partial charge in [-0.1, -0.05) is 18.5 Å². The van der Waals surface area contributed by atoms with Gasteiger partial charge in [-0.25, -0.2) is 0 Å². The number of carbonyl (C=O) groups is 1. The summed E-state index contributed by atoms with van der Waals surface area (Å²) < 4.78 is 5.43. The molecule has 0 aliphatic rings. The van der Waals surface area contributed by atoms with Crippen LogP contribution in [0, 0.1) is 6.92 Å². The van der Waals surface area contributed by atoms with Gasteiger partial charge in [0.25, 0.3) is 5.91 Å². The fraction of sp³-hybridized carbons (Fsp3) is 0.364. The minimum absolute atomic E-state index is 0.454. The van der Waals surface area contributed by atoms with E-state index in [1.807, 2.05) is 13.8 Å². The second-order valence-electron chi connectivity index (χ2n) is 3.33. The van der Waals surface area contributed by atoms with E-state index in [-0.39, 0.29) is 0 Å². The number of hydrogen-bond acceptors (Lipinski definition) is 2. The Bertz CT molecular complexity index is 366. The van der Waals surface area contributed by atoms with Gasteiger partial charge in [0, 0.05) is 5.02 Å². The van der Waals surface area contributed by atoms with Crippen molar-refractivity contribution >= 4 is 17.5 Å². The highest BCUT2D eigenvalue weighted by Gasteiger charge is 2.14. The minimum Gasteiger partial charge on any atom is -0.481 e. The molecule has 1 amide bonds. The Morgan fingerprint density at radius 3 is 2.73 bits per heavy atom. The third-order valence-electron chi connectivity index (χ3n) is 2.10. The molecule has 1 aromatic carbocycles. The third kappa shape index (κ3) is 3.13. The zero-order valence-electron chi connectivity index (χ0n) is 8.79. The Hall–Kier alpha value is -1.22. The molecular formula is C11H14ClNO2. The zero-order chi connectivity index (χ0) is 11.4. The SMILES string of the molecule is CCC(Oc1ccc(Cl)c(C)c1)C(N)=O. The lowest BCUT2D eigenvalue weighted by atomic mass is 10.2. The second-order valence-corrected chi connectivity index (χ2v) is 3.74. The summed E-state index contributed by atoms with van der Waals surface area (Å²) in [4.78, 5) is 11.0. The molecule has 1 aromatic rings. The molecular weight excluding hydrogens is 214 g/mol. The number of amides is 1. The van der Waals surface area contributed by atoms with Crippen molar-refractivity contribution in [1.29, 1.82) is 0 Å². The largest absolute Gasteiger partial charge is 0.481 e. The van der Waals surface area contributed by atoms with Crippen LogP contribution in [0.2, 0.25) is 5.02 Å². The molecule has 1 rings (SSSR count). The molecule has 0 bridgehead atoms. The first kappa shape index (κ1) is 11.9. The summed E-state index contributed by atoms with van der Waals surface area (Å²) in [5.41, 5.74) is 6.08. The topological polar surface area (TPSA) is 52.3 Å². The maximum Gasteiger partial charge on any atom is 0.258 e. The van der Waals surface area contributed by atoms with Gasteiger partial charge in [-0.15, -0.1) is 0 Å². The molecule has 0 spiro atoms. The van der Waals surface area contributed by atoms with E-state index in [1.165, 1.54) is 0 Å². The molecule has 0 heterocycles. The highest BCUT2D eigenvalue weighted by atomic mass is 35.5. The third-order valence-corrected chi connectivity index (χ3v) is 2.52. The number of aryl methyl sites for hydroxylation is 1. The fourth-order valence-electron chi connectivity index (χ4n) is 1.20. The van der Waals surface area contributed by atoms with Crippen molar-refractivity contribution in [2.45, 2.75) is 26.4 Å². The summed E-state index contributed by atoms with van der Waals surface area (Å²) in [7, 11) is 0. The summed E-state index contributed by atoms with van der Waals surface area (Å²) >= 11 is 5.87. The lowest BCUT2D eigenvalue weighted by Crippen LogP contribution is -2.32. The second kappa shape index (κ2) is 5.03. The Balaban J connectivity index is 2.80. The number of halogens is 1. The van der Waals surface area contributed by atoms with Crippen molar-refractivity contribution in [1.82, 2.24) is 0 Å². The molecule has 0 fully saturated rings. The number of nitrogens with two attached hydrogens (primary N) is 1. The molecule has 82 valence electrons. The predicted octanol–water partition coefficient (Wildman–Crippen LogP) is 2.29. The van der Waals surface area contributed by atoms with E-state index >= 15 is 0 Å². The molecule has 0 saturated heterocycles. The van der Waals surface area contributed by atoms with Crippen molar-refractivity contribution in [2.75, 3.05) is 0 Å². The first-order valence-corrected chi connectivity index (χ1v) is 5.14. The highest BCUT2D eigenvalue weighted by Crippen LogP contribution is 2.22. The van der Waals surface area contributed by atoms with Gasteiger partial charge in [0.15, 0.2) is 6.10 Å². The molecule has 0 aromatic heterocycles. The summed E-state index contributed by atoms with van der Waals surface area (Å²) in [6.45, 7) is 3.72. The van der Waals surface area contributed by atoms with E-state index in [4.69, 9.17) is 22.1 Å². The lowest BCUT2D eigenvalue weighted by molar-refractivity contribution is -0.124. The quantitative estimate of drug-likeness (QED) is 0.858. The summed E-state index contributed by atoms with van der Waals surface area (Å²) in [5.74, 6) is 0.160. The van der Waals surface area contributed by atoms with Gasteiger partial charge >= 0.3 is 0 Å². The van der Waals surface area contributed by atoms with Crippen molar-refractivity contribution in [2.24, 2.45) is 5.73 Å². The minimum atomic E-state index is -0.578. The van der Waals surface area contributed by atoms with Crippen LogP contribution in [0.1, 0.15) is 18.9 Å². The molecule has 15 heavy (non-hydrogen) atoms. The normalized spacial score (nSPS) is 12.2. The van der Waals surface area contributed by atoms with Gasteiger partial charge in [0.1, 0.15) is 5.75 Å². The van der Waals surface area contributed by atoms with Crippen molar-refractivity contribution in [3.05, 3.63) is 28.8 Å². The summed E-state index contributed by atoms with van der Waals surface area (Å²) in [5, 5.41) is 0.675. The van der Waals surface area contributed by atoms with Gasteiger partial charge in [-0.2, -0.15) is 0 Å². The summed E-state index contributed by atoms with van der Waals surface area (Å²) in [6.07, 6.45) is -0.0256. The average molecular weight is 228 g/mol. The van der Waals surface area contributed by atoms with Gasteiger partial charge in [0.05, 0.1) is 0 Å². The maximum absolute atomic E-state index is 11.0. The molecule has 1 atom stereocenters. The lowest BCUT2D eigenvalue weighted by Gasteiger charge is -2.14. The van der Waals surface area contributed by atoms with Crippen LogP contribution in [-0.2, 0) is 4.79 Å². The number of carbonyl (C=O) groups excluding carboxylic acids is 1. The van der Waals surface area contributed by atoms with Gasteiger partial charge in [0.2, 0.25) is 0 Å². The van der Waals surface area contributed by atoms with Crippen LogP contribution in [0.15, 0.2) is 18.2 Å². The molecule has 0 aliphatic heterocycles. The highest BCUT2D eigenvalue weighted by molar-refractivity contribution is 6.31. The average Bonchev–Trinajstić information content (AvgIpc) is 2.19. The standard InChI is InChI=1S/C11H14ClNO2/c1-3-10(11(13)14)15-8-4-5-9(12)7(2)6-8/h4-6,10H,3H2,1-2H3,(H2,13,14). The van der Waals surface area contributed by atoms with E-state index in [1.54, 1.807) is 18.2 Å². The van der Waals surface area contributed by atoms with E-state index < -0.39 is 12.0 Å².